The quantitative estimate of drug-likeness (QED) is 0.595. The van der Waals surface area contributed by atoms with Gasteiger partial charge in [-0.1, -0.05) is 45.0 Å². The lowest BCUT2D eigenvalue weighted by Crippen LogP contribution is -2.59. The summed E-state index contributed by atoms with van der Waals surface area (Å²) in [5, 5.41) is 0. The molecular formula is C17H31N3. The zero-order chi connectivity index (χ0) is 15.3. The van der Waals surface area contributed by atoms with E-state index in [1.54, 1.807) is 0 Å². The maximum absolute atomic E-state index is 5.82. The van der Waals surface area contributed by atoms with E-state index < -0.39 is 0 Å². The van der Waals surface area contributed by atoms with Crippen molar-refractivity contribution in [1.82, 2.24) is 10.3 Å². The minimum atomic E-state index is 0.0471. The molecule has 0 saturated carbocycles. The topological polar surface area (TPSA) is 41.3 Å². The molecule has 0 bridgehead atoms. The van der Waals surface area contributed by atoms with E-state index in [2.05, 4.69) is 76.4 Å². The van der Waals surface area contributed by atoms with E-state index in [0.29, 0.717) is 5.92 Å². The van der Waals surface area contributed by atoms with Gasteiger partial charge in [0.2, 0.25) is 0 Å². The third-order valence-corrected chi connectivity index (χ3v) is 4.78. The zero-order valence-electron chi connectivity index (χ0n) is 13.9. The minimum absolute atomic E-state index is 0.0471. The Balaban J connectivity index is 2.88. The van der Waals surface area contributed by atoms with Gasteiger partial charge >= 0.3 is 0 Å². The Morgan fingerprint density at radius 1 is 1.20 bits per heavy atom. The van der Waals surface area contributed by atoms with Crippen LogP contribution in [0.5, 0.6) is 0 Å². The van der Waals surface area contributed by atoms with Gasteiger partial charge in [0.25, 0.3) is 0 Å². The Labute approximate surface area is 124 Å². The van der Waals surface area contributed by atoms with Crippen LogP contribution in [0.3, 0.4) is 0 Å². The molecule has 2 atom stereocenters. The van der Waals surface area contributed by atoms with Crippen LogP contribution in [0.25, 0.3) is 0 Å². The number of nitrogens with one attached hydrogen (secondary N) is 1. The molecule has 2 unspecified atom stereocenters. The van der Waals surface area contributed by atoms with E-state index in [0.717, 1.165) is 12.8 Å². The van der Waals surface area contributed by atoms with Gasteiger partial charge in [-0.05, 0) is 50.9 Å². The molecule has 0 aromatic heterocycles. The van der Waals surface area contributed by atoms with Gasteiger partial charge in [-0.25, -0.2) is 0 Å². The number of rotatable bonds is 7. The minimum Gasteiger partial charge on any atom is -0.302 e. The Kier molecular flexibility index (Phi) is 6.18. The van der Waals surface area contributed by atoms with Crippen molar-refractivity contribution in [2.75, 3.05) is 14.1 Å². The second-order valence-corrected chi connectivity index (χ2v) is 6.42. The summed E-state index contributed by atoms with van der Waals surface area (Å²) in [6.07, 6.45) is 2.00. The van der Waals surface area contributed by atoms with Crippen molar-refractivity contribution in [2.24, 2.45) is 5.84 Å². The maximum Gasteiger partial charge on any atom is 0.0432 e. The van der Waals surface area contributed by atoms with Crippen molar-refractivity contribution in [1.29, 1.82) is 0 Å². The third kappa shape index (κ3) is 3.81. The van der Waals surface area contributed by atoms with Crippen LogP contribution in [0, 0.1) is 0 Å². The van der Waals surface area contributed by atoms with Gasteiger partial charge in [0.1, 0.15) is 0 Å². The van der Waals surface area contributed by atoms with Crippen molar-refractivity contribution in [3.05, 3.63) is 35.4 Å². The monoisotopic (exact) mass is 277 g/mol. The number of likely N-dealkylation sites (N-methyl/N-ethyl adjacent to an activating group) is 1. The average Bonchev–Trinajstić information content (AvgIpc) is 2.44. The maximum atomic E-state index is 5.82. The largest absolute Gasteiger partial charge is 0.302 e. The van der Waals surface area contributed by atoms with Crippen LogP contribution in [0.15, 0.2) is 24.3 Å². The molecule has 0 aliphatic heterocycles. The van der Waals surface area contributed by atoms with E-state index in [1.807, 2.05) is 0 Å². The molecule has 0 aliphatic rings. The molecule has 114 valence electrons. The van der Waals surface area contributed by atoms with Gasteiger partial charge in [-0.15, -0.1) is 0 Å². The summed E-state index contributed by atoms with van der Waals surface area (Å²) in [5.74, 6) is 6.40. The number of hydrogen-bond acceptors (Lipinski definition) is 3. The second kappa shape index (κ2) is 7.21. The number of nitrogens with two attached hydrogens (primary N) is 1. The van der Waals surface area contributed by atoms with Gasteiger partial charge in [0, 0.05) is 11.6 Å². The first-order valence-corrected chi connectivity index (χ1v) is 7.57. The average molecular weight is 277 g/mol. The van der Waals surface area contributed by atoms with Crippen LogP contribution in [-0.2, 0) is 6.42 Å². The summed E-state index contributed by atoms with van der Waals surface area (Å²) in [5.41, 5.74) is 5.78. The lowest BCUT2D eigenvalue weighted by atomic mass is 9.84. The smallest absolute Gasteiger partial charge is 0.0432 e. The van der Waals surface area contributed by atoms with E-state index in [-0.39, 0.29) is 11.6 Å². The fourth-order valence-electron chi connectivity index (χ4n) is 2.61. The molecular weight excluding hydrogens is 246 g/mol. The van der Waals surface area contributed by atoms with Crippen LogP contribution in [0.1, 0.15) is 51.2 Å². The van der Waals surface area contributed by atoms with E-state index in [1.165, 1.54) is 11.1 Å². The Bertz CT molecular complexity index is 397. The van der Waals surface area contributed by atoms with Crippen LogP contribution < -0.4 is 11.3 Å². The standard InChI is InChI=1S/C17H31N3/c1-7-17(4,20(5)6)16(19-18)12-14-8-10-15(11-9-14)13(2)3/h8-11,13,16,19H,7,12,18H2,1-6H3. The summed E-state index contributed by atoms with van der Waals surface area (Å²) in [6, 6.07) is 9.14. The Morgan fingerprint density at radius 3 is 2.10 bits per heavy atom. The normalized spacial score (nSPS) is 16.4. The van der Waals surface area contributed by atoms with E-state index in [4.69, 9.17) is 5.84 Å². The Hall–Kier alpha value is -0.900. The second-order valence-electron chi connectivity index (χ2n) is 6.42. The molecule has 3 heteroatoms. The highest BCUT2D eigenvalue weighted by atomic mass is 15.3. The number of benzene rings is 1. The molecule has 0 heterocycles. The summed E-state index contributed by atoms with van der Waals surface area (Å²) in [7, 11) is 4.24. The lowest BCUT2D eigenvalue weighted by Gasteiger charge is -2.42. The number of nitrogens with zero attached hydrogens (tertiary/aromatic N) is 1. The van der Waals surface area contributed by atoms with E-state index in [9.17, 15) is 0 Å². The molecule has 0 fully saturated rings. The third-order valence-electron chi connectivity index (χ3n) is 4.78. The highest BCUT2D eigenvalue weighted by Crippen LogP contribution is 2.24. The molecule has 0 aliphatic carbocycles. The molecule has 0 saturated heterocycles. The van der Waals surface area contributed by atoms with Crippen LogP contribution in [-0.4, -0.2) is 30.6 Å². The SMILES string of the molecule is CCC(C)(C(Cc1ccc(C(C)C)cc1)NN)N(C)C. The van der Waals surface area contributed by atoms with Crippen molar-refractivity contribution in [3.8, 4) is 0 Å². The fraction of sp³-hybridized carbons (Fsp3) is 0.647. The molecule has 0 spiro atoms. The lowest BCUT2D eigenvalue weighted by molar-refractivity contribution is 0.112. The van der Waals surface area contributed by atoms with Crippen molar-refractivity contribution >= 4 is 0 Å². The van der Waals surface area contributed by atoms with E-state index >= 15 is 0 Å². The highest BCUT2D eigenvalue weighted by Gasteiger charge is 2.34. The molecule has 20 heavy (non-hydrogen) atoms. The van der Waals surface area contributed by atoms with Crippen LogP contribution in [0.2, 0.25) is 0 Å². The first kappa shape index (κ1) is 17.2. The van der Waals surface area contributed by atoms with Gasteiger partial charge < -0.3 is 4.90 Å². The highest BCUT2D eigenvalue weighted by molar-refractivity contribution is 5.25. The summed E-state index contributed by atoms with van der Waals surface area (Å²) >= 11 is 0. The van der Waals surface area contributed by atoms with Crippen molar-refractivity contribution in [2.45, 2.75) is 58.0 Å². The molecule has 1 aromatic rings. The van der Waals surface area contributed by atoms with Crippen molar-refractivity contribution in [3.63, 3.8) is 0 Å². The van der Waals surface area contributed by atoms with Gasteiger partial charge in [-0.2, -0.15) is 0 Å². The summed E-state index contributed by atoms with van der Waals surface area (Å²) in [4.78, 5) is 2.26. The van der Waals surface area contributed by atoms with Gasteiger partial charge in [0.15, 0.2) is 0 Å². The zero-order valence-corrected chi connectivity index (χ0v) is 13.9. The summed E-state index contributed by atoms with van der Waals surface area (Å²) < 4.78 is 0. The van der Waals surface area contributed by atoms with Gasteiger partial charge in [-0.3, -0.25) is 11.3 Å². The Morgan fingerprint density at radius 2 is 1.75 bits per heavy atom. The molecule has 1 rings (SSSR count). The first-order valence-electron chi connectivity index (χ1n) is 7.57. The molecule has 3 nitrogen and oxygen atoms in total. The molecule has 3 N–H and O–H groups in total. The van der Waals surface area contributed by atoms with Crippen LogP contribution >= 0.6 is 0 Å². The van der Waals surface area contributed by atoms with Crippen molar-refractivity contribution < 1.29 is 0 Å². The molecule has 0 amide bonds. The predicted molar refractivity (Wildman–Crippen MR) is 87.7 cm³/mol. The predicted octanol–water partition coefficient (Wildman–Crippen LogP) is 2.91. The molecule has 1 aromatic carbocycles. The number of hydrogen-bond donors (Lipinski definition) is 2. The number of hydrazine groups is 1. The first-order chi connectivity index (χ1) is 9.35. The molecule has 0 radical (unpaired) electrons. The van der Waals surface area contributed by atoms with Gasteiger partial charge in [0.05, 0.1) is 0 Å². The summed E-state index contributed by atoms with van der Waals surface area (Å²) in [6.45, 7) is 8.92. The van der Waals surface area contributed by atoms with Crippen LogP contribution in [0.4, 0.5) is 0 Å². The fourth-order valence-corrected chi connectivity index (χ4v) is 2.61.